The van der Waals surface area contributed by atoms with Crippen molar-refractivity contribution in [2.24, 2.45) is 0 Å². The normalized spacial score (nSPS) is 17.4. The largest absolute Gasteiger partial charge is 0.496 e. The van der Waals surface area contributed by atoms with Gasteiger partial charge in [-0.1, -0.05) is 6.07 Å². The highest BCUT2D eigenvalue weighted by atomic mass is 32.2. The second-order valence-corrected chi connectivity index (χ2v) is 6.45. The van der Waals surface area contributed by atoms with E-state index in [1.54, 1.807) is 7.11 Å². The van der Waals surface area contributed by atoms with E-state index < -0.39 is 10.8 Å². The summed E-state index contributed by atoms with van der Waals surface area (Å²) < 4.78 is 16.5. The van der Waals surface area contributed by atoms with E-state index in [0.29, 0.717) is 29.4 Å². The molecule has 1 aliphatic heterocycles. The minimum Gasteiger partial charge on any atom is -0.496 e. The minimum atomic E-state index is -0.707. The molecule has 1 aliphatic rings. The van der Waals surface area contributed by atoms with E-state index in [-0.39, 0.29) is 5.78 Å². The topological polar surface area (TPSA) is 46.6 Å². The Kier molecular flexibility index (Phi) is 4.71. The van der Waals surface area contributed by atoms with Crippen LogP contribution in [0.3, 0.4) is 0 Å². The van der Waals surface area contributed by atoms with Crippen LogP contribution in [0, 0.1) is 6.92 Å². The van der Waals surface area contributed by atoms with Crippen LogP contribution in [0.2, 0.25) is 0 Å². The van der Waals surface area contributed by atoms with Crippen LogP contribution in [-0.2, 0) is 10.8 Å². The lowest BCUT2D eigenvalue weighted by Crippen LogP contribution is -2.40. The summed E-state index contributed by atoms with van der Waals surface area (Å²) >= 11 is 0. The first kappa shape index (κ1) is 14.2. The van der Waals surface area contributed by atoms with Crippen molar-refractivity contribution >= 4 is 16.6 Å². The summed E-state index contributed by atoms with van der Waals surface area (Å²) in [7, 11) is 0.872. The second-order valence-electron chi connectivity index (χ2n) is 4.75. The van der Waals surface area contributed by atoms with Crippen LogP contribution in [0.25, 0.3) is 0 Å². The lowest BCUT2D eigenvalue weighted by Gasteiger charge is -2.25. The number of hydrogen-bond acceptors (Lipinski definition) is 4. The molecule has 104 valence electrons. The molecule has 0 unspecified atom stereocenters. The smallest absolute Gasteiger partial charge is 0.180 e. The third kappa shape index (κ3) is 3.64. The number of carbonyl (C=O) groups is 1. The van der Waals surface area contributed by atoms with Gasteiger partial charge in [-0.25, -0.2) is 0 Å². The molecule has 0 bridgehead atoms. The van der Waals surface area contributed by atoms with Gasteiger partial charge in [-0.15, -0.1) is 0 Å². The average molecular weight is 281 g/mol. The first-order valence-electron chi connectivity index (χ1n) is 6.35. The number of hydrogen-bond donors (Lipinski definition) is 0. The lowest BCUT2D eigenvalue weighted by atomic mass is 10.1. The van der Waals surface area contributed by atoms with Crippen molar-refractivity contribution in [2.75, 3.05) is 38.2 Å². The lowest BCUT2D eigenvalue weighted by molar-refractivity contribution is 0.0933. The monoisotopic (exact) mass is 281 g/mol. The summed E-state index contributed by atoms with van der Waals surface area (Å²) in [5.41, 5.74) is 1.70. The second kappa shape index (κ2) is 6.30. The van der Waals surface area contributed by atoms with Crippen molar-refractivity contribution in [2.45, 2.75) is 6.92 Å². The van der Waals surface area contributed by atoms with E-state index >= 15 is 0 Å². The Labute approximate surface area is 116 Å². The number of Topliss-reactive ketones (excluding diaryl/α,β-unsaturated/α-hetero) is 1. The number of rotatable bonds is 4. The Balaban J connectivity index is 2.05. The zero-order chi connectivity index (χ0) is 13.8. The number of carbonyl (C=O) groups excluding carboxylic acids is 1. The standard InChI is InChI=1S/C14H19NO3S/c1-11-3-4-12(14(9-11)18-2)13(16)10-15-5-7-19(17)8-6-15/h3-4,9H,5-8,10H2,1-2H3. The first-order valence-corrected chi connectivity index (χ1v) is 7.84. The number of nitrogens with zero attached hydrogens (tertiary/aromatic N) is 1. The van der Waals surface area contributed by atoms with E-state index in [2.05, 4.69) is 4.90 Å². The molecule has 1 fully saturated rings. The molecule has 2 rings (SSSR count). The molecule has 5 heteroatoms. The van der Waals surface area contributed by atoms with Gasteiger partial charge in [0.2, 0.25) is 0 Å². The van der Waals surface area contributed by atoms with E-state index in [4.69, 9.17) is 4.74 Å². The molecule has 0 spiro atoms. The molecule has 0 N–H and O–H groups in total. The average Bonchev–Trinajstić information content (AvgIpc) is 2.41. The van der Waals surface area contributed by atoms with Crippen molar-refractivity contribution in [1.82, 2.24) is 4.90 Å². The van der Waals surface area contributed by atoms with Crippen LogP contribution >= 0.6 is 0 Å². The Morgan fingerprint density at radius 3 is 2.68 bits per heavy atom. The summed E-state index contributed by atoms with van der Waals surface area (Å²) in [6.07, 6.45) is 0. The molecule has 1 aromatic rings. The van der Waals surface area contributed by atoms with Crippen LogP contribution < -0.4 is 4.74 Å². The number of ether oxygens (including phenoxy) is 1. The van der Waals surface area contributed by atoms with Crippen LogP contribution in [0.4, 0.5) is 0 Å². The molecule has 0 radical (unpaired) electrons. The van der Waals surface area contributed by atoms with Crippen molar-refractivity contribution in [1.29, 1.82) is 0 Å². The van der Waals surface area contributed by atoms with Gasteiger partial charge in [0, 0.05) is 35.4 Å². The number of ketones is 1. The number of aryl methyl sites for hydroxylation is 1. The third-order valence-electron chi connectivity index (χ3n) is 3.30. The molecule has 1 saturated heterocycles. The van der Waals surface area contributed by atoms with E-state index in [0.717, 1.165) is 18.7 Å². The molecular weight excluding hydrogens is 262 g/mol. The Hall–Kier alpha value is -1.20. The van der Waals surface area contributed by atoms with Gasteiger partial charge in [0.05, 0.1) is 19.2 Å². The predicted octanol–water partition coefficient (Wildman–Crippen LogP) is 1.25. The Bertz CT molecular complexity index is 491. The SMILES string of the molecule is COc1cc(C)ccc1C(=O)CN1CCS(=O)CC1. The van der Waals surface area contributed by atoms with Gasteiger partial charge in [-0.2, -0.15) is 0 Å². The van der Waals surface area contributed by atoms with Crippen molar-refractivity contribution in [3.8, 4) is 5.75 Å². The molecule has 1 heterocycles. The summed E-state index contributed by atoms with van der Waals surface area (Å²) in [5.74, 6) is 2.02. The quantitative estimate of drug-likeness (QED) is 0.779. The fourth-order valence-electron chi connectivity index (χ4n) is 2.15. The molecule has 0 amide bonds. The van der Waals surface area contributed by atoms with Crippen LogP contribution in [0.1, 0.15) is 15.9 Å². The summed E-state index contributed by atoms with van der Waals surface area (Å²) in [5, 5.41) is 0. The molecule has 0 saturated carbocycles. The maximum Gasteiger partial charge on any atom is 0.180 e. The van der Waals surface area contributed by atoms with E-state index in [1.807, 2.05) is 25.1 Å². The van der Waals surface area contributed by atoms with E-state index in [1.165, 1.54) is 0 Å². The van der Waals surface area contributed by atoms with Gasteiger partial charge in [0.1, 0.15) is 5.75 Å². The maximum atomic E-state index is 12.3. The molecule has 0 aromatic heterocycles. The minimum absolute atomic E-state index is 0.0598. The van der Waals surface area contributed by atoms with Crippen LogP contribution in [-0.4, -0.2) is 53.1 Å². The zero-order valence-corrected chi connectivity index (χ0v) is 12.2. The van der Waals surface area contributed by atoms with Crippen molar-refractivity contribution in [3.05, 3.63) is 29.3 Å². The molecular formula is C14H19NO3S. The fraction of sp³-hybridized carbons (Fsp3) is 0.500. The maximum absolute atomic E-state index is 12.3. The highest BCUT2D eigenvalue weighted by molar-refractivity contribution is 7.85. The number of methoxy groups -OCH3 is 1. The zero-order valence-electron chi connectivity index (χ0n) is 11.3. The van der Waals surface area contributed by atoms with Crippen molar-refractivity contribution < 1.29 is 13.7 Å². The summed E-state index contributed by atoms with van der Waals surface area (Å²) in [6.45, 7) is 3.80. The van der Waals surface area contributed by atoms with Gasteiger partial charge in [0.15, 0.2) is 5.78 Å². The molecule has 19 heavy (non-hydrogen) atoms. The van der Waals surface area contributed by atoms with Gasteiger partial charge < -0.3 is 4.74 Å². The van der Waals surface area contributed by atoms with Gasteiger partial charge in [-0.05, 0) is 24.6 Å². The molecule has 4 nitrogen and oxygen atoms in total. The Morgan fingerprint density at radius 2 is 2.05 bits per heavy atom. The summed E-state index contributed by atoms with van der Waals surface area (Å²) in [6, 6.07) is 5.61. The van der Waals surface area contributed by atoms with Gasteiger partial charge in [-0.3, -0.25) is 13.9 Å². The highest BCUT2D eigenvalue weighted by Gasteiger charge is 2.20. The van der Waals surface area contributed by atoms with Crippen LogP contribution in [0.15, 0.2) is 18.2 Å². The summed E-state index contributed by atoms with van der Waals surface area (Å²) in [4.78, 5) is 14.3. The molecule has 0 aliphatic carbocycles. The molecule has 1 aromatic carbocycles. The van der Waals surface area contributed by atoms with Gasteiger partial charge >= 0.3 is 0 Å². The van der Waals surface area contributed by atoms with Gasteiger partial charge in [0.25, 0.3) is 0 Å². The Morgan fingerprint density at radius 1 is 1.37 bits per heavy atom. The van der Waals surface area contributed by atoms with E-state index in [9.17, 15) is 9.00 Å². The molecule has 0 atom stereocenters. The third-order valence-corrected chi connectivity index (χ3v) is 4.57. The first-order chi connectivity index (χ1) is 9.10. The highest BCUT2D eigenvalue weighted by Crippen LogP contribution is 2.20. The van der Waals surface area contributed by atoms with Crippen molar-refractivity contribution in [3.63, 3.8) is 0 Å². The number of benzene rings is 1. The predicted molar refractivity (Wildman–Crippen MR) is 76.4 cm³/mol. The fourth-order valence-corrected chi connectivity index (χ4v) is 3.28. The van der Waals surface area contributed by atoms with Crippen LogP contribution in [0.5, 0.6) is 5.75 Å².